The van der Waals surface area contributed by atoms with Crippen LogP contribution in [-0.4, -0.2) is 48.8 Å². The van der Waals surface area contributed by atoms with Crippen LogP contribution in [0.3, 0.4) is 0 Å². The van der Waals surface area contributed by atoms with Gasteiger partial charge >= 0.3 is 6.18 Å². The minimum Gasteiger partial charge on any atom is -0.760 e. The lowest BCUT2D eigenvalue weighted by molar-refractivity contribution is -0.179. The molecule has 1 fully saturated rings. The Balaban J connectivity index is 1.66. The lowest BCUT2D eigenvalue weighted by Gasteiger charge is -2.50. The number of hydrogen-bond acceptors (Lipinski definition) is 6. The van der Waals surface area contributed by atoms with Gasteiger partial charge in [0.15, 0.2) is 0 Å². The third kappa shape index (κ3) is 5.23. The van der Waals surface area contributed by atoms with E-state index >= 15 is 0 Å². The summed E-state index contributed by atoms with van der Waals surface area (Å²) in [5, 5.41) is 13.5. The molecule has 0 bridgehead atoms. The number of benzene rings is 2. The molecule has 1 unspecified atom stereocenters. The fourth-order valence-corrected chi connectivity index (χ4v) is 4.54. The second-order valence-corrected chi connectivity index (χ2v) is 8.77. The van der Waals surface area contributed by atoms with E-state index in [4.69, 9.17) is 14.7 Å². The van der Waals surface area contributed by atoms with Crippen molar-refractivity contribution in [1.29, 1.82) is 5.26 Å². The van der Waals surface area contributed by atoms with Crippen LogP contribution in [0.1, 0.15) is 18.1 Å². The molecule has 12 heteroatoms. The highest BCUT2D eigenvalue weighted by Crippen LogP contribution is 2.40. The number of aryl methyl sites for hydroxylation is 1. The number of nitrogens with zero attached hydrogens (tertiary/aromatic N) is 4. The van der Waals surface area contributed by atoms with Crippen LogP contribution in [0.15, 0.2) is 54.6 Å². The summed E-state index contributed by atoms with van der Waals surface area (Å²) in [5.41, 5.74) is 0.474. The molecule has 0 radical (unpaired) electrons. The fraction of sp³-hybridized carbons (Fsp3) is 0.304. The molecule has 0 spiro atoms. The normalized spacial score (nSPS) is 15.9. The fourth-order valence-electron chi connectivity index (χ4n) is 3.80. The van der Waals surface area contributed by atoms with E-state index in [9.17, 15) is 21.9 Å². The first-order valence-corrected chi connectivity index (χ1v) is 11.6. The molecule has 8 nitrogen and oxygen atoms in total. The molecule has 0 aliphatic carbocycles. The highest BCUT2D eigenvalue weighted by atomic mass is 32.2. The topological polar surface area (TPSA) is 103 Å². The molecule has 3 aromatic rings. The number of nitriles is 1. The number of halogens is 3. The van der Waals surface area contributed by atoms with Gasteiger partial charge in [-0.3, -0.25) is 4.21 Å². The highest BCUT2D eigenvalue weighted by molar-refractivity contribution is 7.76. The molecule has 1 aliphatic rings. The standard InChI is InChI=1S/C23H21F3N4O4S/c1-2-29-21(34-19-8-6-16(12-27)7-9-19)11-20(28-29)17-4-3-5-18(10-17)22(14-33-15-22)30(35(31)32)13-23(24,25)26/h3-11H,2,13-15H2,1H3,(H,31,32)/p-1. The third-order valence-electron chi connectivity index (χ3n) is 5.61. The van der Waals surface area contributed by atoms with E-state index in [0.717, 1.165) is 0 Å². The zero-order valence-electron chi connectivity index (χ0n) is 18.5. The summed E-state index contributed by atoms with van der Waals surface area (Å²) in [7, 11) is 0. The maximum absolute atomic E-state index is 13.1. The summed E-state index contributed by atoms with van der Waals surface area (Å²) >= 11 is -3.12. The number of alkyl halides is 3. The van der Waals surface area contributed by atoms with Crippen molar-refractivity contribution in [3.63, 3.8) is 0 Å². The van der Waals surface area contributed by atoms with Gasteiger partial charge in [0.1, 0.15) is 17.8 Å². The van der Waals surface area contributed by atoms with Crippen molar-refractivity contribution in [3.8, 4) is 29.0 Å². The first-order valence-electron chi connectivity index (χ1n) is 10.5. The Bertz CT molecular complexity index is 1270. The number of rotatable bonds is 8. The van der Waals surface area contributed by atoms with Gasteiger partial charge in [-0.1, -0.05) is 18.2 Å². The zero-order chi connectivity index (χ0) is 25.2. The first-order chi connectivity index (χ1) is 16.6. The van der Waals surface area contributed by atoms with E-state index in [2.05, 4.69) is 5.10 Å². The monoisotopic (exact) mass is 505 g/mol. The Kier molecular flexibility index (Phi) is 6.95. The predicted octanol–water partition coefficient (Wildman–Crippen LogP) is 4.12. The third-order valence-corrected chi connectivity index (χ3v) is 6.44. The molecule has 1 aromatic heterocycles. The molecule has 2 heterocycles. The van der Waals surface area contributed by atoms with Gasteiger partial charge in [-0.05, 0) is 42.8 Å². The average molecular weight is 505 g/mol. The van der Waals surface area contributed by atoms with Gasteiger partial charge in [-0.15, -0.1) is 0 Å². The lowest BCUT2D eigenvalue weighted by atomic mass is 9.86. The van der Waals surface area contributed by atoms with E-state index < -0.39 is 29.5 Å². The van der Waals surface area contributed by atoms with Crippen LogP contribution in [0.2, 0.25) is 0 Å². The number of aromatic nitrogens is 2. The summed E-state index contributed by atoms with van der Waals surface area (Å²) in [4.78, 5) is 0. The van der Waals surface area contributed by atoms with Crippen molar-refractivity contribution >= 4 is 11.3 Å². The van der Waals surface area contributed by atoms with Crippen molar-refractivity contribution < 1.29 is 31.4 Å². The minimum absolute atomic E-state index is 0.197. The van der Waals surface area contributed by atoms with Gasteiger partial charge in [0.25, 0.3) is 0 Å². The van der Waals surface area contributed by atoms with Crippen molar-refractivity contribution in [2.24, 2.45) is 0 Å². The van der Waals surface area contributed by atoms with Crippen LogP contribution in [0.4, 0.5) is 13.2 Å². The number of ether oxygens (including phenoxy) is 2. The maximum Gasteiger partial charge on any atom is 0.402 e. The number of hydrogen-bond donors (Lipinski definition) is 0. The summed E-state index contributed by atoms with van der Waals surface area (Å²) in [6.07, 6.45) is -4.71. The van der Waals surface area contributed by atoms with Crippen molar-refractivity contribution in [2.45, 2.75) is 25.2 Å². The Morgan fingerprint density at radius 3 is 2.51 bits per heavy atom. The molecular formula is C23H20F3N4O4S-. The summed E-state index contributed by atoms with van der Waals surface area (Å²) in [5.74, 6) is 0.934. The smallest absolute Gasteiger partial charge is 0.402 e. The van der Waals surface area contributed by atoms with Crippen molar-refractivity contribution in [2.75, 3.05) is 19.8 Å². The van der Waals surface area contributed by atoms with Gasteiger partial charge in [-0.2, -0.15) is 23.5 Å². The molecule has 184 valence electrons. The van der Waals surface area contributed by atoms with Crippen LogP contribution >= 0.6 is 0 Å². The van der Waals surface area contributed by atoms with E-state index in [1.807, 2.05) is 13.0 Å². The molecule has 1 aliphatic heterocycles. The molecule has 2 aromatic carbocycles. The Labute approximate surface area is 201 Å². The predicted molar refractivity (Wildman–Crippen MR) is 119 cm³/mol. The molecule has 0 saturated carbocycles. The SMILES string of the molecule is CCn1nc(-c2cccc(C3(N(CC(F)(F)F)S(=O)[O-])COC3)c2)cc1Oc1ccc(C#N)cc1. The molecule has 0 amide bonds. The summed E-state index contributed by atoms with van der Waals surface area (Å²) in [6.45, 7) is 0.341. The maximum atomic E-state index is 13.1. The zero-order valence-corrected chi connectivity index (χ0v) is 19.3. The van der Waals surface area contributed by atoms with Crippen molar-refractivity contribution in [3.05, 3.63) is 65.7 Å². The van der Waals surface area contributed by atoms with Gasteiger partial charge in [0.05, 0.1) is 30.5 Å². The highest BCUT2D eigenvalue weighted by Gasteiger charge is 2.50. The quantitative estimate of drug-likeness (QED) is 0.427. The van der Waals surface area contributed by atoms with E-state index in [1.165, 1.54) is 0 Å². The van der Waals surface area contributed by atoms with Crippen LogP contribution in [0.5, 0.6) is 11.6 Å². The molecule has 1 saturated heterocycles. The second kappa shape index (κ2) is 9.79. The van der Waals surface area contributed by atoms with Gasteiger partial charge in [0, 0.05) is 29.4 Å². The van der Waals surface area contributed by atoms with E-state index in [0.29, 0.717) is 44.9 Å². The summed E-state index contributed by atoms with van der Waals surface area (Å²) in [6, 6.07) is 16.8. The second-order valence-electron chi connectivity index (χ2n) is 7.90. The van der Waals surface area contributed by atoms with E-state index in [1.54, 1.807) is 59.3 Å². The molecule has 0 N–H and O–H groups in total. The lowest BCUT2D eigenvalue weighted by Crippen LogP contribution is -2.61. The Hall–Kier alpha value is -3.24. The molecular weight excluding hydrogens is 485 g/mol. The van der Waals surface area contributed by atoms with E-state index in [-0.39, 0.29) is 13.2 Å². The first kappa shape index (κ1) is 24.9. The molecule has 35 heavy (non-hydrogen) atoms. The summed E-state index contributed by atoms with van der Waals surface area (Å²) < 4.78 is 76.0. The van der Waals surface area contributed by atoms with Gasteiger partial charge in [-0.25, -0.2) is 8.99 Å². The van der Waals surface area contributed by atoms with Gasteiger partial charge in [0.2, 0.25) is 5.88 Å². The average Bonchev–Trinajstić information content (AvgIpc) is 3.20. The Morgan fingerprint density at radius 2 is 1.97 bits per heavy atom. The molecule has 1 atom stereocenters. The van der Waals surface area contributed by atoms with Crippen LogP contribution in [0, 0.1) is 11.3 Å². The van der Waals surface area contributed by atoms with Crippen LogP contribution < -0.4 is 4.74 Å². The van der Waals surface area contributed by atoms with Crippen molar-refractivity contribution in [1.82, 2.24) is 14.1 Å². The van der Waals surface area contributed by atoms with Gasteiger partial charge < -0.3 is 14.0 Å². The largest absolute Gasteiger partial charge is 0.760 e. The minimum atomic E-state index is -4.71. The Morgan fingerprint density at radius 1 is 1.26 bits per heavy atom. The van der Waals surface area contributed by atoms with Crippen LogP contribution in [0.25, 0.3) is 11.3 Å². The van der Waals surface area contributed by atoms with Crippen LogP contribution in [-0.2, 0) is 28.1 Å². The molecule has 4 rings (SSSR count).